The lowest BCUT2D eigenvalue weighted by molar-refractivity contribution is 0.00493. The van der Waals surface area contributed by atoms with Crippen molar-refractivity contribution in [3.8, 4) is 0 Å². The smallest absolute Gasteiger partial charge is 0.350 e. The normalized spacial score (nSPS) is 17.5. The van der Waals surface area contributed by atoms with Gasteiger partial charge in [0.25, 0.3) is 5.92 Å². The monoisotopic (exact) mass is 426 g/mol. The molecule has 0 aliphatic carbocycles. The van der Waals surface area contributed by atoms with E-state index in [1.54, 1.807) is 0 Å². The number of rotatable bonds is 7. The van der Waals surface area contributed by atoms with Gasteiger partial charge in [-0.15, -0.1) is 11.3 Å². The lowest BCUT2D eigenvalue weighted by atomic mass is 10.00. The van der Waals surface area contributed by atoms with Gasteiger partial charge in [0.1, 0.15) is 4.88 Å². The molecule has 0 spiro atoms. The van der Waals surface area contributed by atoms with Crippen LogP contribution in [0.1, 0.15) is 34.5 Å². The number of thiophene rings is 1. The molecular formula is C15H21BrF2N2O3S. The number of anilines is 1. The molecular weight excluding hydrogens is 406 g/mol. The molecule has 0 saturated heterocycles. The molecule has 1 unspecified atom stereocenters. The number of carbonyl (C=O) groups excluding carboxylic acids is 1. The quantitative estimate of drug-likeness (QED) is 0.517. The summed E-state index contributed by atoms with van der Waals surface area (Å²) in [6.45, 7) is -0.162. The average Bonchev–Trinajstić information content (AvgIpc) is 2.82. The number of methoxy groups -OCH3 is 1. The Morgan fingerprint density at radius 1 is 1.54 bits per heavy atom. The number of fused-ring (bicyclic) bond motifs is 1. The third-order valence-corrected chi connectivity index (χ3v) is 5.87. The number of unbranched alkanes of at least 4 members (excludes halogenated alkanes) is 1. The van der Waals surface area contributed by atoms with Gasteiger partial charge in [-0.05, 0) is 35.2 Å². The summed E-state index contributed by atoms with van der Waals surface area (Å²) in [4.78, 5) is 13.8. The summed E-state index contributed by atoms with van der Waals surface area (Å²) in [7, 11) is 1.27. The van der Waals surface area contributed by atoms with Crippen LogP contribution in [0, 0.1) is 0 Å². The average molecular weight is 427 g/mol. The third kappa shape index (κ3) is 4.44. The van der Waals surface area contributed by atoms with Gasteiger partial charge in [0.15, 0.2) is 0 Å². The van der Waals surface area contributed by atoms with Crippen LogP contribution in [0.25, 0.3) is 0 Å². The maximum atomic E-state index is 14.1. The fourth-order valence-corrected chi connectivity index (χ4v) is 4.67. The predicted molar refractivity (Wildman–Crippen MR) is 93.1 cm³/mol. The van der Waals surface area contributed by atoms with E-state index in [2.05, 4.69) is 15.9 Å². The van der Waals surface area contributed by atoms with Crippen molar-refractivity contribution in [3.05, 3.63) is 14.2 Å². The fraction of sp³-hybridized carbons (Fsp3) is 0.667. The zero-order valence-electron chi connectivity index (χ0n) is 13.4. The van der Waals surface area contributed by atoms with Crippen LogP contribution in [0.4, 0.5) is 14.5 Å². The number of halogens is 3. The van der Waals surface area contributed by atoms with Crippen molar-refractivity contribution < 1.29 is 23.4 Å². The molecule has 0 radical (unpaired) electrons. The molecule has 0 bridgehead atoms. The van der Waals surface area contributed by atoms with Gasteiger partial charge in [0.05, 0.1) is 23.1 Å². The molecule has 1 aliphatic rings. The molecule has 24 heavy (non-hydrogen) atoms. The summed E-state index contributed by atoms with van der Waals surface area (Å²) in [5.41, 5.74) is 7.00. The third-order valence-electron chi connectivity index (χ3n) is 3.91. The minimum absolute atomic E-state index is 0.0859. The van der Waals surface area contributed by atoms with E-state index in [-0.39, 0.29) is 19.2 Å². The summed E-state index contributed by atoms with van der Waals surface area (Å²) in [6, 6.07) is -0.317. The van der Waals surface area contributed by atoms with E-state index in [0.29, 0.717) is 32.8 Å². The molecule has 1 aliphatic heterocycles. The maximum Gasteiger partial charge on any atom is 0.350 e. The standard InChI is InChI=1S/C15H21BrF2N2O3S/c1-23-14(22)12-11-10(13(16)24-12)6-15(17,18)8-20(11)7-9(19)4-2-3-5-21/h9,21H,2-8,19H2,1H3. The number of hydrogen-bond donors (Lipinski definition) is 2. The molecule has 9 heteroatoms. The molecule has 0 saturated carbocycles. The van der Waals surface area contributed by atoms with Crippen molar-refractivity contribution in [1.29, 1.82) is 0 Å². The maximum absolute atomic E-state index is 14.1. The lowest BCUT2D eigenvalue weighted by Gasteiger charge is -2.36. The summed E-state index contributed by atoms with van der Waals surface area (Å²) in [5.74, 6) is -3.42. The molecule has 0 fully saturated rings. The van der Waals surface area contributed by atoms with E-state index in [1.165, 1.54) is 12.0 Å². The molecule has 2 heterocycles. The number of esters is 1. The predicted octanol–water partition coefficient (Wildman–Crippen LogP) is 2.78. The number of ether oxygens (including phenoxy) is 1. The van der Waals surface area contributed by atoms with Gasteiger partial charge >= 0.3 is 5.97 Å². The van der Waals surface area contributed by atoms with Gasteiger partial charge < -0.3 is 20.5 Å². The lowest BCUT2D eigenvalue weighted by Crippen LogP contribution is -2.48. The second kappa shape index (κ2) is 8.07. The van der Waals surface area contributed by atoms with Crippen molar-refractivity contribution in [2.24, 2.45) is 5.73 Å². The van der Waals surface area contributed by atoms with Gasteiger partial charge in [0.2, 0.25) is 0 Å². The molecule has 1 atom stereocenters. The Balaban J connectivity index is 2.27. The number of aliphatic hydroxyl groups excluding tert-OH is 1. The zero-order valence-corrected chi connectivity index (χ0v) is 15.8. The van der Waals surface area contributed by atoms with E-state index in [4.69, 9.17) is 15.6 Å². The first-order chi connectivity index (χ1) is 11.3. The number of nitrogens with two attached hydrogens (primary N) is 1. The van der Waals surface area contributed by atoms with Crippen LogP contribution >= 0.6 is 27.3 Å². The van der Waals surface area contributed by atoms with Crippen molar-refractivity contribution in [1.82, 2.24) is 0 Å². The molecule has 5 nitrogen and oxygen atoms in total. The van der Waals surface area contributed by atoms with E-state index >= 15 is 0 Å². The molecule has 1 aromatic heterocycles. The van der Waals surface area contributed by atoms with Crippen molar-refractivity contribution in [3.63, 3.8) is 0 Å². The van der Waals surface area contributed by atoms with Crippen LogP contribution in [0.2, 0.25) is 0 Å². The number of hydrogen-bond acceptors (Lipinski definition) is 6. The Morgan fingerprint density at radius 2 is 2.25 bits per heavy atom. The van der Waals surface area contributed by atoms with Gasteiger partial charge in [-0.3, -0.25) is 0 Å². The highest BCUT2D eigenvalue weighted by molar-refractivity contribution is 9.11. The first-order valence-electron chi connectivity index (χ1n) is 7.67. The van der Waals surface area contributed by atoms with Gasteiger partial charge in [-0.1, -0.05) is 0 Å². The second-order valence-electron chi connectivity index (χ2n) is 5.92. The molecule has 2 rings (SSSR count). The van der Waals surface area contributed by atoms with Gasteiger partial charge in [-0.2, -0.15) is 0 Å². The summed E-state index contributed by atoms with van der Waals surface area (Å²) < 4.78 is 33.5. The Kier molecular flexibility index (Phi) is 6.58. The molecule has 1 aromatic rings. The number of carbonyl (C=O) groups is 1. The van der Waals surface area contributed by atoms with Crippen LogP contribution < -0.4 is 10.6 Å². The van der Waals surface area contributed by atoms with E-state index < -0.39 is 24.9 Å². The van der Waals surface area contributed by atoms with Crippen LogP contribution in [0.15, 0.2) is 3.79 Å². The number of alkyl halides is 2. The molecule has 0 aromatic carbocycles. The topological polar surface area (TPSA) is 75.8 Å². The SMILES string of the molecule is COC(=O)c1sc(Br)c2c1N(CC(N)CCCCO)CC(F)(F)C2. The van der Waals surface area contributed by atoms with Crippen molar-refractivity contribution in [2.45, 2.75) is 37.6 Å². The summed E-state index contributed by atoms with van der Waals surface area (Å²) >= 11 is 4.40. The highest BCUT2D eigenvalue weighted by atomic mass is 79.9. The van der Waals surface area contributed by atoms with Crippen LogP contribution in [-0.4, -0.2) is 49.8 Å². The molecule has 136 valence electrons. The Morgan fingerprint density at radius 3 is 2.88 bits per heavy atom. The van der Waals surface area contributed by atoms with Crippen molar-refractivity contribution in [2.75, 3.05) is 31.7 Å². The van der Waals surface area contributed by atoms with E-state index in [1.807, 2.05) is 0 Å². The highest BCUT2D eigenvalue weighted by Crippen LogP contribution is 2.46. The van der Waals surface area contributed by atoms with Crippen LogP contribution in [0.5, 0.6) is 0 Å². The molecule has 3 N–H and O–H groups in total. The van der Waals surface area contributed by atoms with Crippen molar-refractivity contribution >= 4 is 38.9 Å². The summed E-state index contributed by atoms with van der Waals surface area (Å²) in [5, 5.41) is 8.82. The first-order valence-corrected chi connectivity index (χ1v) is 9.28. The van der Waals surface area contributed by atoms with E-state index in [0.717, 1.165) is 17.8 Å². The fourth-order valence-electron chi connectivity index (χ4n) is 2.87. The Bertz CT molecular complexity index is 598. The summed E-state index contributed by atoms with van der Waals surface area (Å²) in [6.07, 6.45) is 1.57. The number of aliphatic hydroxyl groups is 1. The first kappa shape index (κ1) is 19.6. The highest BCUT2D eigenvalue weighted by Gasteiger charge is 2.42. The second-order valence-corrected chi connectivity index (χ2v) is 8.25. The minimum atomic E-state index is -2.88. The minimum Gasteiger partial charge on any atom is -0.465 e. The van der Waals surface area contributed by atoms with Gasteiger partial charge in [-0.25, -0.2) is 13.6 Å². The Hall–Kier alpha value is -0.770. The number of nitrogens with zero attached hydrogens (tertiary/aromatic N) is 1. The van der Waals surface area contributed by atoms with Crippen LogP contribution in [0.3, 0.4) is 0 Å². The zero-order chi connectivity index (χ0) is 17.9. The van der Waals surface area contributed by atoms with Gasteiger partial charge in [0, 0.05) is 31.2 Å². The largest absolute Gasteiger partial charge is 0.465 e. The Labute approximate surface area is 151 Å². The van der Waals surface area contributed by atoms with E-state index in [9.17, 15) is 13.6 Å². The van der Waals surface area contributed by atoms with Crippen LogP contribution in [-0.2, 0) is 11.2 Å². The molecule has 0 amide bonds.